The van der Waals surface area contributed by atoms with Crippen molar-refractivity contribution in [2.45, 2.75) is 119 Å². The summed E-state index contributed by atoms with van der Waals surface area (Å²) >= 11 is 0. The fraction of sp³-hybridized carbons (Fsp3) is 0.438. The molecule has 0 spiro atoms. The van der Waals surface area contributed by atoms with Gasteiger partial charge in [0.1, 0.15) is 36.8 Å². The molecule has 2 aromatic carbocycles. The van der Waals surface area contributed by atoms with E-state index in [0.29, 0.717) is 106 Å². The van der Waals surface area contributed by atoms with Crippen LogP contribution >= 0.6 is 0 Å². The maximum Gasteiger partial charge on any atom is 0.220 e. The van der Waals surface area contributed by atoms with Crippen LogP contribution in [0.3, 0.4) is 0 Å². The average molecular weight is 1110 g/mol. The number of nitrogens with one attached hydrogen (secondary N) is 3. The highest BCUT2D eigenvalue weighted by Crippen LogP contribution is 2.47. The highest BCUT2D eigenvalue weighted by Gasteiger charge is 2.41. The van der Waals surface area contributed by atoms with Gasteiger partial charge in [-0.05, 0) is 112 Å². The molecule has 8 bridgehead atoms. The molecule has 18 nitrogen and oxygen atoms in total. The Balaban J connectivity index is 0.816. The molecule has 1 amide bonds. The number of amides is 1. The van der Waals surface area contributed by atoms with Gasteiger partial charge in [0.05, 0.1) is 65.3 Å². The van der Waals surface area contributed by atoms with E-state index in [9.17, 15) is 9.90 Å². The van der Waals surface area contributed by atoms with Crippen molar-refractivity contribution in [2.75, 3.05) is 59.1 Å². The zero-order chi connectivity index (χ0) is 57.4. The first-order valence-corrected chi connectivity index (χ1v) is 29.0. The molecule has 18 heteroatoms. The molecule has 0 saturated carbocycles. The van der Waals surface area contributed by atoms with E-state index in [0.717, 1.165) is 115 Å². The number of rotatable bonds is 26. The Morgan fingerprint density at radius 1 is 0.866 bits per heavy atom. The molecule has 1 fully saturated rings. The first kappa shape index (κ1) is 57.4. The summed E-state index contributed by atoms with van der Waals surface area (Å²) < 4.78 is 30.8. The maximum atomic E-state index is 13.8. The van der Waals surface area contributed by atoms with Crippen molar-refractivity contribution in [1.82, 2.24) is 35.6 Å². The van der Waals surface area contributed by atoms with E-state index in [-0.39, 0.29) is 23.8 Å². The number of aliphatic imine (C=N–C) groups is 3. The van der Waals surface area contributed by atoms with Crippen molar-refractivity contribution in [3.05, 3.63) is 140 Å². The van der Waals surface area contributed by atoms with Gasteiger partial charge in [-0.2, -0.15) is 0 Å². The standard InChI is InChI=1S/C64H77N11O7/c1-10-12-13-14-23-80-41(7)60-39(5)50-31-49-38(4)45(62(71-49)47-29-56(76)61-40(6)51(72-63(47)61)32-53-44(11-2)37(3)48(69-53)33-54(60)70-50)19-20-59(77)65-21-16-22-75-35-55(73-74-75)42-17-15-18-43(28-42)68-64-46-30-57(81-26-24-78-8)58(82-27-25-79-9)34-52(46)66-36-67-64/h15,17-18,28,30-36,38,41,45,71,76H,10-14,16,19-27,29H2,1-9H3,(H,65,77)(H,66,67,68)/t38?,41-,45+/m1/s1. The number of methoxy groups -OCH3 is 2. The minimum atomic E-state index is -0.172. The lowest BCUT2D eigenvalue weighted by Crippen LogP contribution is -2.26. The van der Waals surface area contributed by atoms with Gasteiger partial charge in [-0.25, -0.2) is 24.9 Å². The lowest BCUT2D eigenvalue weighted by Gasteiger charge is -2.18. The van der Waals surface area contributed by atoms with Gasteiger partial charge in [0.25, 0.3) is 0 Å². The van der Waals surface area contributed by atoms with Crippen molar-refractivity contribution in [2.24, 2.45) is 26.8 Å². The summed E-state index contributed by atoms with van der Waals surface area (Å²) in [5.74, 6) is 1.96. The summed E-state index contributed by atoms with van der Waals surface area (Å²) in [6.45, 7) is 18.3. The van der Waals surface area contributed by atoms with Crippen LogP contribution in [-0.2, 0) is 25.5 Å². The molecule has 2 aromatic heterocycles. The first-order chi connectivity index (χ1) is 39.9. The molecule has 4 aromatic rings. The van der Waals surface area contributed by atoms with Gasteiger partial charge in [0.15, 0.2) is 11.5 Å². The quantitative estimate of drug-likeness (QED) is 0.0431. The number of aliphatic hydroxyl groups excluding tert-OH is 1. The minimum Gasteiger partial charge on any atom is -0.511 e. The number of hydrogen-bond donors (Lipinski definition) is 4. The predicted molar refractivity (Wildman–Crippen MR) is 321 cm³/mol. The van der Waals surface area contributed by atoms with Gasteiger partial charge in [-0.1, -0.05) is 57.4 Å². The van der Waals surface area contributed by atoms with Crippen LogP contribution in [0.2, 0.25) is 0 Å². The number of fused-ring (bicyclic) bond motifs is 6. The molecule has 4 N–H and O–H groups in total. The van der Waals surface area contributed by atoms with E-state index in [1.165, 1.54) is 24.7 Å². The fourth-order valence-electron chi connectivity index (χ4n) is 11.6. The summed E-state index contributed by atoms with van der Waals surface area (Å²) in [6.07, 6.45) is 16.9. The van der Waals surface area contributed by atoms with Crippen molar-refractivity contribution in [3.63, 3.8) is 0 Å². The highest BCUT2D eigenvalue weighted by atomic mass is 16.5. The number of benzene rings is 2. The van der Waals surface area contributed by atoms with Crippen LogP contribution in [0.1, 0.15) is 106 Å². The Morgan fingerprint density at radius 2 is 1.65 bits per heavy atom. The Labute approximate surface area is 480 Å². The van der Waals surface area contributed by atoms with Crippen LogP contribution in [-0.4, -0.2) is 113 Å². The van der Waals surface area contributed by atoms with Gasteiger partial charge in [-0.15, -0.1) is 5.10 Å². The van der Waals surface area contributed by atoms with E-state index in [1.54, 1.807) is 18.9 Å². The molecule has 6 aliphatic rings. The van der Waals surface area contributed by atoms with E-state index in [1.807, 2.05) is 49.5 Å². The Morgan fingerprint density at radius 3 is 2.43 bits per heavy atom. The number of carbonyl (C=O) groups excluding carboxylic acids is 1. The van der Waals surface area contributed by atoms with Crippen LogP contribution < -0.4 is 25.4 Å². The number of hydrogen-bond acceptors (Lipinski definition) is 16. The number of unbranched alkanes of at least 4 members (excludes halogenated alkanes) is 3. The maximum absolute atomic E-state index is 13.8. The summed E-state index contributed by atoms with van der Waals surface area (Å²) in [6, 6.07) is 11.6. The number of aryl methyl sites for hydroxylation is 1. The summed E-state index contributed by atoms with van der Waals surface area (Å²) in [7, 11) is 3.26. The van der Waals surface area contributed by atoms with Crippen molar-refractivity contribution in [1.29, 1.82) is 0 Å². The molecule has 430 valence electrons. The highest BCUT2D eigenvalue weighted by molar-refractivity contribution is 6.21. The fourth-order valence-corrected chi connectivity index (χ4v) is 11.6. The lowest BCUT2D eigenvalue weighted by molar-refractivity contribution is -0.121. The first-order valence-electron chi connectivity index (χ1n) is 29.0. The van der Waals surface area contributed by atoms with Crippen LogP contribution in [0.4, 0.5) is 11.5 Å². The van der Waals surface area contributed by atoms with Crippen molar-refractivity contribution in [3.8, 4) is 22.8 Å². The molecule has 1 unspecified atom stereocenters. The molecular weight excluding hydrogens is 1030 g/mol. The molecule has 1 saturated heterocycles. The van der Waals surface area contributed by atoms with Crippen LogP contribution in [0.5, 0.6) is 11.5 Å². The van der Waals surface area contributed by atoms with E-state index in [2.05, 4.69) is 96.0 Å². The smallest absolute Gasteiger partial charge is 0.220 e. The van der Waals surface area contributed by atoms with E-state index >= 15 is 0 Å². The van der Waals surface area contributed by atoms with E-state index in [4.69, 9.17) is 38.7 Å². The zero-order valence-electron chi connectivity index (χ0n) is 48.9. The zero-order valence-corrected chi connectivity index (χ0v) is 48.9. The van der Waals surface area contributed by atoms with Gasteiger partial charge in [0, 0.05) is 109 Å². The van der Waals surface area contributed by atoms with Gasteiger partial charge in [-0.3, -0.25) is 9.48 Å². The molecular formula is C64H77N11O7. The third kappa shape index (κ3) is 12.3. The summed E-state index contributed by atoms with van der Waals surface area (Å²) in [5.41, 5.74) is 17.3. The third-order valence-electron chi connectivity index (χ3n) is 16.2. The molecule has 5 aliphatic heterocycles. The number of anilines is 2. The number of ether oxygens (including phenoxy) is 5. The van der Waals surface area contributed by atoms with E-state index < -0.39 is 0 Å². The number of carbonyl (C=O) groups is 1. The average Bonchev–Trinajstić information content (AvgIpc) is 4.08. The molecule has 1 aliphatic carbocycles. The monoisotopic (exact) mass is 1110 g/mol. The second-order valence-corrected chi connectivity index (χ2v) is 21.6. The number of allylic oxidation sites excluding steroid dienone is 11. The van der Waals surface area contributed by atoms with Crippen LogP contribution in [0.25, 0.3) is 22.2 Å². The minimum absolute atomic E-state index is 0.0112. The summed E-state index contributed by atoms with van der Waals surface area (Å²) in [5, 5.41) is 31.8. The predicted octanol–water partition coefficient (Wildman–Crippen LogP) is 11.6. The molecule has 0 radical (unpaired) electrons. The van der Waals surface area contributed by atoms with Crippen molar-refractivity contribution >= 4 is 45.5 Å². The number of aliphatic hydroxyl groups is 1. The number of nitrogens with zero attached hydrogens (tertiary/aromatic N) is 8. The lowest BCUT2D eigenvalue weighted by atomic mass is 9.86. The van der Waals surface area contributed by atoms with Gasteiger partial charge in [0.2, 0.25) is 5.91 Å². The van der Waals surface area contributed by atoms with Crippen molar-refractivity contribution < 1.29 is 33.6 Å². The van der Waals surface area contributed by atoms with Crippen LogP contribution in [0.15, 0.2) is 155 Å². The van der Waals surface area contributed by atoms with Gasteiger partial charge >= 0.3 is 0 Å². The largest absolute Gasteiger partial charge is 0.511 e. The second kappa shape index (κ2) is 26.0. The Kier molecular flexibility index (Phi) is 18.2. The molecule has 82 heavy (non-hydrogen) atoms. The second-order valence-electron chi connectivity index (χ2n) is 21.6. The van der Waals surface area contributed by atoms with Crippen LogP contribution in [0, 0.1) is 11.8 Å². The molecule has 10 rings (SSSR count). The third-order valence-corrected chi connectivity index (χ3v) is 16.2. The number of aromatic nitrogens is 5. The summed E-state index contributed by atoms with van der Waals surface area (Å²) in [4.78, 5) is 38.7. The Hall–Kier alpha value is -7.80. The normalized spacial score (nSPS) is 18.7. The molecule has 7 heterocycles. The molecule has 3 atom stereocenters. The topological polar surface area (TPSA) is 213 Å². The van der Waals surface area contributed by atoms with Gasteiger partial charge < -0.3 is 44.7 Å². The Bertz CT molecular complexity index is 3500. The SMILES string of the molecule is CCCCCCO[C@H](C)C1=C(C)C2=NC1=CC1=NC(=CC3=C(C)C4=C(O)CC(=C5NC(=C2)C(C)[C@@H]5CCC(=O)NCCCn2cc(-c5cccc(Nc6ncnc7cc(OCCOC)c(OCCOC)cc67)c5)nn2)C4=N3)C(CC)=C1C.